The van der Waals surface area contributed by atoms with E-state index in [0.29, 0.717) is 11.1 Å². The topological polar surface area (TPSA) is 50.3 Å². The molecule has 1 atom stereocenters. The maximum Gasteiger partial charge on any atom is 0.151 e. The maximum atomic E-state index is 6.20. The van der Waals surface area contributed by atoms with Crippen LogP contribution in [0.2, 0.25) is 5.02 Å². The van der Waals surface area contributed by atoms with Gasteiger partial charge in [-0.05, 0) is 19.3 Å². The van der Waals surface area contributed by atoms with Crippen LogP contribution in [0.1, 0.15) is 19.3 Å². The number of rotatable bonds is 6. The van der Waals surface area contributed by atoms with Gasteiger partial charge in [-0.3, -0.25) is 0 Å². The second-order valence-electron chi connectivity index (χ2n) is 4.73. The maximum absolute atomic E-state index is 6.20. The molecule has 19 heavy (non-hydrogen) atoms. The molecule has 0 bridgehead atoms. The van der Waals surface area contributed by atoms with E-state index in [1.807, 2.05) is 0 Å². The van der Waals surface area contributed by atoms with E-state index in [0.717, 1.165) is 32.1 Å². The van der Waals surface area contributed by atoms with Gasteiger partial charge in [0.2, 0.25) is 0 Å². The molecule has 6 heteroatoms. The highest BCUT2D eigenvalue weighted by Gasteiger charge is 2.24. The largest absolute Gasteiger partial charge is 0.383 e. The molecule has 0 spiro atoms. The van der Waals surface area contributed by atoms with Gasteiger partial charge in [0.1, 0.15) is 11.3 Å². The van der Waals surface area contributed by atoms with E-state index in [-0.39, 0.29) is 0 Å². The summed E-state index contributed by atoms with van der Waals surface area (Å²) < 4.78 is 5.04. The van der Waals surface area contributed by atoms with Gasteiger partial charge in [-0.1, -0.05) is 11.6 Å². The number of methoxy groups -OCH3 is 1. The summed E-state index contributed by atoms with van der Waals surface area (Å²) in [5.74, 6) is 0.856. The van der Waals surface area contributed by atoms with Gasteiger partial charge in [0, 0.05) is 32.8 Å². The van der Waals surface area contributed by atoms with Gasteiger partial charge in [0.05, 0.1) is 12.8 Å². The monoisotopic (exact) mass is 284 g/mol. The number of aromatic nitrogens is 2. The minimum absolute atomic E-state index is 0.443. The molecule has 0 amide bonds. The highest BCUT2D eigenvalue weighted by molar-refractivity contribution is 6.32. The number of ether oxygens (including phenoxy) is 1. The first-order valence-electron chi connectivity index (χ1n) is 6.74. The van der Waals surface area contributed by atoms with Gasteiger partial charge in [0.25, 0.3) is 0 Å². The van der Waals surface area contributed by atoms with E-state index in [4.69, 9.17) is 16.3 Å². The van der Waals surface area contributed by atoms with E-state index in [9.17, 15) is 0 Å². The van der Waals surface area contributed by atoms with Crippen LogP contribution in [0.15, 0.2) is 12.5 Å². The number of piperidine rings is 1. The average molecular weight is 285 g/mol. The lowest BCUT2D eigenvalue weighted by Gasteiger charge is -2.37. The third-order valence-corrected chi connectivity index (χ3v) is 3.68. The van der Waals surface area contributed by atoms with Gasteiger partial charge in [-0.25, -0.2) is 9.97 Å². The zero-order chi connectivity index (χ0) is 13.5. The summed E-state index contributed by atoms with van der Waals surface area (Å²) in [4.78, 5) is 10.6. The summed E-state index contributed by atoms with van der Waals surface area (Å²) in [5, 5.41) is 4.05. The molecule has 0 aromatic carbocycles. The fourth-order valence-electron chi connectivity index (χ4n) is 2.45. The van der Waals surface area contributed by atoms with Crippen LogP contribution in [-0.4, -0.2) is 49.4 Å². The van der Waals surface area contributed by atoms with Crippen molar-refractivity contribution in [1.82, 2.24) is 15.3 Å². The van der Waals surface area contributed by atoms with Gasteiger partial charge >= 0.3 is 0 Å². The van der Waals surface area contributed by atoms with E-state index >= 15 is 0 Å². The van der Waals surface area contributed by atoms with Crippen LogP contribution in [0.4, 0.5) is 5.82 Å². The van der Waals surface area contributed by atoms with Crippen LogP contribution in [0.25, 0.3) is 0 Å². The van der Waals surface area contributed by atoms with Crippen molar-refractivity contribution in [3.8, 4) is 0 Å². The molecule has 5 nitrogen and oxygen atoms in total. The Kier molecular flexibility index (Phi) is 5.82. The molecular weight excluding hydrogens is 264 g/mol. The van der Waals surface area contributed by atoms with Crippen molar-refractivity contribution in [3.05, 3.63) is 17.5 Å². The Morgan fingerprint density at radius 2 is 2.42 bits per heavy atom. The van der Waals surface area contributed by atoms with Crippen molar-refractivity contribution in [3.63, 3.8) is 0 Å². The molecule has 0 aliphatic carbocycles. The van der Waals surface area contributed by atoms with Gasteiger partial charge in [-0.15, -0.1) is 0 Å². The molecular formula is C13H21ClN4O. The van der Waals surface area contributed by atoms with Crippen molar-refractivity contribution in [2.75, 3.05) is 38.3 Å². The summed E-state index contributed by atoms with van der Waals surface area (Å²) >= 11 is 6.20. The van der Waals surface area contributed by atoms with Crippen LogP contribution in [0, 0.1) is 0 Å². The van der Waals surface area contributed by atoms with E-state index in [1.165, 1.54) is 19.3 Å². The highest BCUT2D eigenvalue weighted by atomic mass is 35.5. The zero-order valence-corrected chi connectivity index (χ0v) is 12.1. The summed E-state index contributed by atoms with van der Waals surface area (Å²) in [6.45, 7) is 3.55. The fourth-order valence-corrected chi connectivity index (χ4v) is 2.67. The van der Waals surface area contributed by atoms with Crippen molar-refractivity contribution < 1.29 is 4.74 Å². The predicted octanol–water partition coefficient (Wildman–Crippen LogP) is 1.72. The van der Waals surface area contributed by atoms with E-state index in [2.05, 4.69) is 20.2 Å². The lowest BCUT2D eigenvalue weighted by molar-refractivity contribution is 0.198. The number of halogens is 1. The SMILES string of the molecule is COCCNCC1CCCCN1c1ncncc1Cl. The molecule has 1 aromatic rings. The molecule has 2 heterocycles. The molecule has 106 valence electrons. The number of hydrogen-bond acceptors (Lipinski definition) is 5. The summed E-state index contributed by atoms with van der Waals surface area (Å²) in [6, 6.07) is 0.443. The average Bonchev–Trinajstić information content (AvgIpc) is 2.45. The number of hydrogen-bond donors (Lipinski definition) is 1. The first-order chi connectivity index (χ1) is 9.33. The molecule has 2 rings (SSSR count). The number of anilines is 1. The van der Waals surface area contributed by atoms with Crippen LogP contribution < -0.4 is 10.2 Å². The first kappa shape index (κ1) is 14.5. The molecule has 0 radical (unpaired) electrons. The van der Waals surface area contributed by atoms with Crippen LogP contribution >= 0.6 is 11.6 Å². The van der Waals surface area contributed by atoms with Gasteiger partial charge in [-0.2, -0.15) is 0 Å². The molecule has 1 fully saturated rings. The molecule has 1 saturated heterocycles. The summed E-state index contributed by atoms with van der Waals surface area (Å²) in [5.41, 5.74) is 0. The molecule has 1 aliphatic heterocycles. The Morgan fingerprint density at radius 1 is 1.53 bits per heavy atom. The summed E-state index contributed by atoms with van der Waals surface area (Å²) in [6.07, 6.45) is 6.84. The van der Waals surface area contributed by atoms with Crippen LogP contribution in [-0.2, 0) is 4.74 Å². The normalized spacial score (nSPS) is 19.7. The Bertz CT molecular complexity index is 391. The van der Waals surface area contributed by atoms with Crippen molar-refractivity contribution in [2.45, 2.75) is 25.3 Å². The Balaban J connectivity index is 1.98. The minimum Gasteiger partial charge on any atom is -0.383 e. The van der Waals surface area contributed by atoms with Crippen molar-refractivity contribution in [1.29, 1.82) is 0 Å². The fraction of sp³-hybridized carbons (Fsp3) is 0.692. The van der Waals surface area contributed by atoms with Crippen LogP contribution in [0.3, 0.4) is 0 Å². The van der Waals surface area contributed by atoms with E-state index < -0.39 is 0 Å². The predicted molar refractivity (Wildman–Crippen MR) is 76.8 cm³/mol. The number of nitrogens with one attached hydrogen (secondary N) is 1. The molecule has 1 unspecified atom stereocenters. The lowest BCUT2D eigenvalue weighted by atomic mass is 10.0. The Hall–Kier alpha value is -0.910. The highest BCUT2D eigenvalue weighted by Crippen LogP contribution is 2.27. The second kappa shape index (κ2) is 7.62. The zero-order valence-electron chi connectivity index (χ0n) is 11.3. The van der Waals surface area contributed by atoms with E-state index in [1.54, 1.807) is 19.6 Å². The van der Waals surface area contributed by atoms with Crippen LogP contribution in [0.5, 0.6) is 0 Å². The third-order valence-electron chi connectivity index (χ3n) is 3.41. The molecule has 0 saturated carbocycles. The Labute approximate surface area is 119 Å². The lowest BCUT2D eigenvalue weighted by Crippen LogP contribution is -2.46. The van der Waals surface area contributed by atoms with Gasteiger partial charge < -0.3 is 15.0 Å². The molecule has 1 aliphatic rings. The third kappa shape index (κ3) is 4.03. The Morgan fingerprint density at radius 3 is 3.21 bits per heavy atom. The summed E-state index contributed by atoms with van der Waals surface area (Å²) in [7, 11) is 1.72. The minimum atomic E-state index is 0.443. The first-order valence-corrected chi connectivity index (χ1v) is 7.12. The van der Waals surface area contributed by atoms with Gasteiger partial charge in [0.15, 0.2) is 5.82 Å². The standard InChI is InChI=1S/C13H21ClN4O/c1-19-7-5-15-8-11-4-2-3-6-18(11)13-12(14)9-16-10-17-13/h9-11,15H,2-8H2,1H3. The van der Waals surface area contributed by atoms with Crippen molar-refractivity contribution >= 4 is 17.4 Å². The number of nitrogens with zero attached hydrogens (tertiary/aromatic N) is 3. The smallest absolute Gasteiger partial charge is 0.151 e. The second-order valence-corrected chi connectivity index (χ2v) is 5.14. The quantitative estimate of drug-likeness (QED) is 0.806. The molecule has 1 N–H and O–H groups in total. The van der Waals surface area contributed by atoms with Crippen molar-refractivity contribution in [2.24, 2.45) is 0 Å². The molecule has 1 aromatic heterocycles.